The van der Waals surface area contributed by atoms with Gasteiger partial charge in [0.05, 0.1) is 0 Å². The van der Waals surface area contributed by atoms with Gasteiger partial charge in [-0.3, -0.25) is 9.69 Å². The van der Waals surface area contributed by atoms with Crippen molar-refractivity contribution in [1.29, 1.82) is 0 Å². The second kappa shape index (κ2) is 9.45. The molecule has 4 aromatic rings. The number of thiophene rings is 1. The van der Waals surface area contributed by atoms with Gasteiger partial charge in [-0.15, -0.1) is 11.3 Å². The molecule has 1 aliphatic rings. The molecule has 0 spiro atoms. The van der Waals surface area contributed by atoms with Gasteiger partial charge in [-0.25, -0.2) is 0 Å². The van der Waals surface area contributed by atoms with Gasteiger partial charge in [0, 0.05) is 37.7 Å². The molecule has 32 heavy (non-hydrogen) atoms. The number of rotatable bonds is 7. The topological polar surface area (TPSA) is 29.5 Å². The molecule has 2 heterocycles. The largest absolute Gasteiger partial charge is 0.492 e. The third-order valence-electron chi connectivity index (χ3n) is 5.92. The zero-order valence-corrected chi connectivity index (χ0v) is 19.3. The number of likely N-dealkylation sites (tertiary alicyclic amines) is 1. The zero-order valence-electron chi connectivity index (χ0n) is 17.7. The Morgan fingerprint density at radius 1 is 0.938 bits per heavy atom. The van der Waals surface area contributed by atoms with Crippen LogP contribution < -0.4 is 4.74 Å². The molecule has 0 unspecified atom stereocenters. The molecule has 0 atom stereocenters. The summed E-state index contributed by atoms with van der Waals surface area (Å²) in [7, 11) is 0. The lowest BCUT2D eigenvalue weighted by Crippen LogP contribution is -2.25. The molecule has 0 amide bonds. The number of hydrogen-bond acceptors (Lipinski definition) is 4. The first-order chi connectivity index (χ1) is 15.7. The number of nitrogens with zero attached hydrogens (tertiary/aromatic N) is 1. The molecule has 1 saturated heterocycles. The van der Waals surface area contributed by atoms with Crippen LogP contribution in [0.1, 0.15) is 28.8 Å². The Hall–Kier alpha value is -2.66. The lowest BCUT2D eigenvalue weighted by molar-refractivity contribution is 0.104. The second-order valence-corrected chi connectivity index (χ2v) is 9.55. The minimum atomic E-state index is 0.0241. The van der Waals surface area contributed by atoms with Crippen LogP contribution in [-0.4, -0.2) is 36.9 Å². The highest BCUT2D eigenvalue weighted by Crippen LogP contribution is 2.40. The van der Waals surface area contributed by atoms with E-state index in [9.17, 15) is 4.79 Å². The fraction of sp³-hybridized carbons (Fsp3) is 0.222. The Kier molecular flexibility index (Phi) is 6.26. The van der Waals surface area contributed by atoms with Gasteiger partial charge in [-0.05, 0) is 74.0 Å². The Balaban J connectivity index is 1.40. The van der Waals surface area contributed by atoms with Gasteiger partial charge in [0.1, 0.15) is 12.4 Å². The minimum Gasteiger partial charge on any atom is -0.492 e. The summed E-state index contributed by atoms with van der Waals surface area (Å²) in [5.74, 6) is 0.824. The molecule has 0 bridgehead atoms. The predicted octanol–water partition coefficient (Wildman–Crippen LogP) is 6.93. The normalized spacial score (nSPS) is 14.2. The summed E-state index contributed by atoms with van der Waals surface area (Å²) in [5, 5.41) is 1.67. The number of fused-ring (bicyclic) bond motifs is 1. The molecule has 1 aliphatic heterocycles. The summed E-state index contributed by atoms with van der Waals surface area (Å²) in [6.07, 6.45) is 2.57. The van der Waals surface area contributed by atoms with Crippen molar-refractivity contribution in [2.45, 2.75) is 12.8 Å². The average molecular weight is 462 g/mol. The van der Waals surface area contributed by atoms with Crippen LogP contribution in [0.3, 0.4) is 0 Å². The molecular weight excluding hydrogens is 438 g/mol. The van der Waals surface area contributed by atoms with Crippen LogP contribution in [0.5, 0.6) is 5.75 Å². The Labute approximate surface area is 197 Å². The molecule has 5 rings (SSSR count). The number of carbonyl (C=O) groups is 1. The van der Waals surface area contributed by atoms with Crippen molar-refractivity contribution in [1.82, 2.24) is 4.90 Å². The van der Waals surface area contributed by atoms with Gasteiger partial charge >= 0.3 is 0 Å². The summed E-state index contributed by atoms with van der Waals surface area (Å²) < 4.78 is 7.00. The van der Waals surface area contributed by atoms with Crippen molar-refractivity contribution in [2.24, 2.45) is 0 Å². The average Bonchev–Trinajstić information content (AvgIpc) is 3.47. The molecule has 5 heteroatoms. The van der Waals surface area contributed by atoms with Crippen molar-refractivity contribution in [2.75, 3.05) is 26.2 Å². The smallest absolute Gasteiger partial charge is 0.195 e. The zero-order chi connectivity index (χ0) is 21.9. The highest BCUT2D eigenvalue weighted by atomic mass is 35.5. The van der Waals surface area contributed by atoms with Gasteiger partial charge in [-0.1, -0.05) is 41.9 Å². The van der Waals surface area contributed by atoms with E-state index < -0.39 is 0 Å². The van der Waals surface area contributed by atoms with Crippen molar-refractivity contribution < 1.29 is 9.53 Å². The number of ether oxygens (including phenoxy) is 1. The van der Waals surface area contributed by atoms with E-state index in [0.29, 0.717) is 17.2 Å². The van der Waals surface area contributed by atoms with Crippen LogP contribution in [0.15, 0.2) is 72.8 Å². The molecule has 3 nitrogen and oxygen atoms in total. The van der Waals surface area contributed by atoms with Gasteiger partial charge in [0.2, 0.25) is 0 Å². The molecule has 0 N–H and O–H groups in total. The third-order valence-corrected chi connectivity index (χ3v) is 7.39. The van der Waals surface area contributed by atoms with E-state index in [0.717, 1.165) is 38.4 Å². The van der Waals surface area contributed by atoms with E-state index in [4.69, 9.17) is 16.3 Å². The van der Waals surface area contributed by atoms with Gasteiger partial charge in [-0.2, -0.15) is 0 Å². The van der Waals surface area contributed by atoms with Crippen molar-refractivity contribution in [3.8, 4) is 16.2 Å². The molecular formula is C27H24ClNO2S. The van der Waals surface area contributed by atoms with Crippen molar-refractivity contribution >= 4 is 38.8 Å². The van der Waals surface area contributed by atoms with E-state index >= 15 is 0 Å². The summed E-state index contributed by atoms with van der Waals surface area (Å²) in [6, 6.07) is 23.3. The Morgan fingerprint density at radius 2 is 1.66 bits per heavy atom. The first kappa shape index (κ1) is 21.2. The molecule has 1 aromatic heterocycles. The molecule has 0 aliphatic carbocycles. The lowest BCUT2D eigenvalue weighted by Gasteiger charge is -2.15. The summed E-state index contributed by atoms with van der Waals surface area (Å²) in [4.78, 5) is 17.0. The molecule has 0 radical (unpaired) electrons. The third kappa shape index (κ3) is 4.44. The molecule has 1 fully saturated rings. The number of hydrogen-bond donors (Lipinski definition) is 0. The highest BCUT2D eigenvalue weighted by Gasteiger charge is 2.21. The number of halogens is 1. The summed E-state index contributed by atoms with van der Waals surface area (Å²) in [6.45, 7) is 3.96. The maximum absolute atomic E-state index is 13.6. The molecule has 162 valence electrons. The molecule has 3 aromatic carbocycles. The van der Waals surface area contributed by atoms with Gasteiger partial charge in [0.25, 0.3) is 0 Å². The fourth-order valence-corrected chi connectivity index (χ4v) is 5.55. The minimum absolute atomic E-state index is 0.0241. The molecule has 0 saturated carbocycles. The van der Waals surface area contributed by atoms with E-state index in [1.807, 2.05) is 66.7 Å². The quantitative estimate of drug-likeness (QED) is 0.279. The van der Waals surface area contributed by atoms with Crippen LogP contribution in [0.4, 0.5) is 0 Å². The maximum Gasteiger partial charge on any atom is 0.195 e. The van der Waals surface area contributed by atoms with Crippen molar-refractivity contribution in [3.05, 3.63) is 88.9 Å². The van der Waals surface area contributed by atoms with E-state index in [1.165, 1.54) is 25.9 Å². The maximum atomic E-state index is 13.6. The van der Waals surface area contributed by atoms with Crippen molar-refractivity contribution in [3.63, 3.8) is 0 Å². The SMILES string of the molecule is O=C(c1ccc(OCCN2CCCC2)cc1)c1c(-c2ccc(Cl)cc2)sc2ccccc12. The summed E-state index contributed by atoms with van der Waals surface area (Å²) >= 11 is 7.72. The van der Waals surface area contributed by atoms with E-state index in [2.05, 4.69) is 11.0 Å². The van der Waals surface area contributed by atoms with Gasteiger partial charge < -0.3 is 4.74 Å². The van der Waals surface area contributed by atoms with E-state index in [-0.39, 0.29) is 5.78 Å². The first-order valence-electron chi connectivity index (χ1n) is 11.0. The highest BCUT2D eigenvalue weighted by molar-refractivity contribution is 7.22. The number of carbonyl (C=O) groups excluding carboxylic acids is 1. The second-order valence-electron chi connectivity index (χ2n) is 8.06. The van der Waals surface area contributed by atoms with Crippen LogP contribution in [0.25, 0.3) is 20.5 Å². The fourth-order valence-electron chi connectivity index (χ4n) is 4.22. The van der Waals surface area contributed by atoms with Crippen LogP contribution in [-0.2, 0) is 0 Å². The summed E-state index contributed by atoms with van der Waals surface area (Å²) in [5.41, 5.74) is 2.41. The van der Waals surface area contributed by atoms with E-state index in [1.54, 1.807) is 11.3 Å². The van der Waals surface area contributed by atoms with Crippen LogP contribution >= 0.6 is 22.9 Å². The number of ketones is 1. The predicted molar refractivity (Wildman–Crippen MR) is 133 cm³/mol. The number of benzene rings is 3. The Bertz CT molecular complexity index is 1220. The van der Waals surface area contributed by atoms with Crippen LogP contribution in [0.2, 0.25) is 5.02 Å². The standard InChI is InChI=1S/C27H24ClNO2S/c28-21-11-7-20(8-12-21)27-25(23-5-1-2-6-24(23)32-27)26(30)19-9-13-22(14-10-19)31-18-17-29-15-3-4-16-29/h1-2,5-14H,3-4,15-18H2. The first-order valence-corrected chi connectivity index (χ1v) is 12.2. The Morgan fingerprint density at radius 3 is 2.41 bits per heavy atom. The lowest BCUT2D eigenvalue weighted by atomic mass is 9.97. The van der Waals surface area contributed by atoms with Gasteiger partial charge in [0.15, 0.2) is 5.78 Å². The van der Waals surface area contributed by atoms with Crippen LogP contribution in [0, 0.1) is 0 Å². The monoisotopic (exact) mass is 461 g/mol.